The number of nitrogens with two attached hydrogens (primary N) is 1. The van der Waals surface area contributed by atoms with Gasteiger partial charge in [-0.2, -0.15) is 0 Å². The smallest absolute Gasteiger partial charge is 0.119 e. The fraction of sp³-hybridized carbons (Fsp3) is 0.333. The summed E-state index contributed by atoms with van der Waals surface area (Å²) in [6, 6.07) is 8.01. The summed E-state index contributed by atoms with van der Waals surface area (Å²) in [7, 11) is 0. The Labute approximate surface area is 85.4 Å². The lowest BCUT2D eigenvalue weighted by molar-refractivity contribution is 0.350. The van der Waals surface area contributed by atoms with Crippen LogP contribution in [0.3, 0.4) is 0 Å². The molecule has 2 N–H and O–H groups in total. The summed E-state index contributed by atoms with van der Waals surface area (Å²) in [6.45, 7) is 5.17. The predicted molar refractivity (Wildman–Crippen MR) is 59.5 cm³/mol. The number of benzene rings is 1. The molecule has 0 atom stereocenters. The molecule has 1 rings (SSSR count). The third-order valence-corrected chi connectivity index (χ3v) is 2.12. The van der Waals surface area contributed by atoms with E-state index in [-0.39, 0.29) is 0 Å². The summed E-state index contributed by atoms with van der Waals surface area (Å²) in [5.74, 6) is 0.892. The first kappa shape index (κ1) is 10.8. The van der Waals surface area contributed by atoms with Crippen LogP contribution in [0.25, 0.3) is 0 Å². The van der Waals surface area contributed by atoms with E-state index >= 15 is 0 Å². The molecule has 0 spiro atoms. The van der Waals surface area contributed by atoms with Gasteiger partial charge in [-0.3, -0.25) is 0 Å². The Morgan fingerprint density at radius 2 is 2.00 bits per heavy atom. The Kier molecular flexibility index (Phi) is 4.20. The zero-order valence-electron chi connectivity index (χ0n) is 8.79. The molecule has 14 heavy (non-hydrogen) atoms. The topological polar surface area (TPSA) is 35.2 Å². The van der Waals surface area contributed by atoms with E-state index in [0.717, 1.165) is 11.3 Å². The van der Waals surface area contributed by atoms with E-state index < -0.39 is 0 Å². The van der Waals surface area contributed by atoms with Crippen molar-refractivity contribution in [1.29, 1.82) is 0 Å². The van der Waals surface area contributed by atoms with Crippen LogP contribution >= 0.6 is 0 Å². The first-order valence-electron chi connectivity index (χ1n) is 4.80. The van der Waals surface area contributed by atoms with Crippen LogP contribution in [0.5, 0.6) is 5.75 Å². The summed E-state index contributed by atoms with van der Waals surface area (Å²) in [5, 5.41) is 0. The molecule has 0 heterocycles. The average molecular weight is 191 g/mol. The molecule has 1 aromatic rings. The molecule has 0 saturated carbocycles. The summed E-state index contributed by atoms with van der Waals surface area (Å²) < 4.78 is 5.56. The van der Waals surface area contributed by atoms with Crippen molar-refractivity contribution in [3.8, 4) is 5.75 Å². The second-order valence-electron chi connectivity index (χ2n) is 3.25. The van der Waals surface area contributed by atoms with Gasteiger partial charge in [0, 0.05) is 6.54 Å². The first-order chi connectivity index (χ1) is 6.76. The van der Waals surface area contributed by atoms with Crippen molar-refractivity contribution in [2.24, 2.45) is 5.73 Å². The van der Waals surface area contributed by atoms with Crippen LogP contribution in [0.1, 0.15) is 12.5 Å². The fourth-order valence-electron chi connectivity index (χ4n) is 1.07. The van der Waals surface area contributed by atoms with Crippen LogP contribution in [-0.2, 0) is 0 Å². The van der Waals surface area contributed by atoms with Crippen molar-refractivity contribution < 1.29 is 4.74 Å². The van der Waals surface area contributed by atoms with Gasteiger partial charge in [0.15, 0.2) is 0 Å². The van der Waals surface area contributed by atoms with Gasteiger partial charge in [-0.15, -0.1) is 0 Å². The molecule has 0 aliphatic heterocycles. The van der Waals surface area contributed by atoms with E-state index in [1.165, 1.54) is 5.56 Å². The van der Waals surface area contributed by atoms with E-state index in [2.05, 4.69) is 6.92 Å². The number of aryl methyl sites for hydroxylation is 1. The van der Waals surface area contributed by atoms with E-state index in [1.807, 2.05) is 37.3 Å². The number of ether oxygens (including phenoxy) is 1. The highest BCUT2D eigenvalue weighted by atomic mass is 16.5. The highest BCUT2D eigenvalue weighted by molar-refractivity contribution is 5.26. The van der Waals surface area contributed by atoms with Crippen molar-refractivity contribution in [2.45, 2.75) is 13.8 Å². The van der Waals surface area contributed by atoms with Gasteiger partial charge in [0.25, 0.3) is 0 Å². The van der Waals surface area contributed by atoms with Crippen molar-refractivity contribution in [1.82, 2.24) is 0 Å². The Morgan fingerprint density at radius 3 is 2.50 bits per heavy atom. The van der Waals surface area contributed by atoms with E-state index in [4.69, 9.17) is 10.5 Å². The minimum atomic E-state index is 0.558. The maximum absolute atomic E-state index is 5.56. The van der Waals surface area contributed by atoms with Crippen LogP contribution < -0.4 is 10.5 Å². The molecule has 0 amide bonds. The minimum Gasteiger partial charge on any atom is -0.489 e. The second kappa shape index (κ2) is 5.45. The van der Waals surface area contributed by atoms with Gasteiger partial charge in [0.05, 0.1) is 0 Å². The van der Waals surface area contributed by atoms with Crippen molar-refractivity contribution in [2.75, 3.05) is 13.2 Å². The van der Waals surface area contributed by atoms with Crippen LogP contribution in [0.4, 0.5) is 0 Å². The summed E-state index contributed by atoms with van der Waals surface area (Å²) in [6.07, 6.45) is 1.99. The third-order valence-electron chi connectivity index (χ3n) is 2.12. The zero-order valence-corrected chi connectivity index (χ0v) is 8.79. The fourth-order valence-corrected chi connectivity index (χ4v) is 1.07. The molecule has 0 saturated heterocycles. The quantitative estimate of drug-likeness (QED) is 0.741. The van der Waals surface area contributed by atoms with E-state index in [0.29, 0.717) is 13.2 Å². The maximum Gasteiger partial charge on any atom is 0.119 e. The number of rotatable bonds is 4. The highest BCUT2D eigenvalue weighted by Crippen LogP contribution is 2.12. The lowest BCUT2D eigenvalue weighted by atomic mass is 10.2. The van der Waals surface area contributed by atoms with Gasteiger partial charge in [-0.05, 0) is 31.6 Å². The molecule has 0 aliphatic rings. The maximum atomic E-state index is 5.56. The second-order valence-corrected chi connectivity index (χ2v) is 3.25. The van der Waals surface area contributed by atoms with Gasteiger partial charge in [-0.1, -0.05) is 23.8 Å². The molecular formula is C12H17NO. The normalized spacial score (nSPS) is 11.5. The van der Waals surface area contributed by atoms with Crippen molar-refractivity contribution >= 4 is 0 Å². The van der Waals surface area contributed by atoms with Gasteiger partial charge in [0.1, 0.15) is 12.4 Å². The lowest BCUT2D eigenvalue weighted by Crippen LogP contribution is -2.10. The first-order valence-corrected chi connectivity index (χ1v) is 4.80. The zero-order chi connectivity index (χ0) is 10.4. The third kappa shape index (κ3) is 3.23. The van der Waals surface area contributed by atoms with E-state index in [1.54, 1.807) is 0 Å². The Balaban J connectivity index is 2.49. The molecule has 1 aromatic carbocycles. The minimum absolute atomic E-state index is 0.558. The Bertz CT molecular complexity index is 301. The standard InChI is InChI=1S/C12H17NO/c1-3-11(8-13)9-14-12-6-4-10(2)5-7-12/h3-7H,8-9,13H2,1-2H3/b11-3+. The molecule has 0 aromatic heterocycles. The van der Waals surface area contributed by atoms with Gasteiger partial charge in [0.2, 0.25) is 0 Å². The molecule has 0 unspecified atom stereocenters. The van der Waals surface area contributed by atoms with Crippen LogP contribution in [0, 0.1) is 6.92 Å². The average Bonchev–Trinajstić information content (AvgIpc) is 2.22. The predicted octanol–water partition coefficient (Wildman–Crippen LogP) is 2.28. The Hall–Kier alpha value is -1.28. The van der Waals surface area contributed by atoms with Crippen LogP contribution in [0.2, 0.25) is 0 Å². The largest absolute Gasteiger partial charge is 0.489 e. The molecule has 0 fully saturated rings. The molecule has 76 valence electrons. The molecule has 0 aliphatic carbocycles. The molecule has 0 bridgehead atoms. The van der Waals surface area contributed by atoms with Crippen LogP contribution in [0.15, 0.2) is 35.9 Å². The molecule has 0 radical (unpaired) electrons. The van der Waals surface area contributed by atoms with E-state index in [9.17, 15) is 0 Å². The van der Waals surface area contributed by atoms with Gasteiger partial charge in [-0.25, -0.2) is 0 Å². The SMILES string of the molecule is C/C=C(\CN)COc1ccc(C)cc1. The number of allylic oxidation sites excluding steroid dienone is 1. The summed E-state index contributed by atoms with van der Waals surface area (Å²) in [5.41, 5.74) is 7.88. The number of hydrogen-bond acceptors (Lipinski definition) is 2. The van der Waals surface area contributed by atoms with Gasteiger partial charge >= 0.3 is 0 Å². The molecule has 2 nitrogen and oxygen atoms in total. The van der Waals surface area contributed by atoms with Crippen molar-refractivity contribution in [3.05, 3.63) is 41.5 Å². The Morgan fingerprint density at radius 1 is 1.36 bits per heavy atom. The molecular weight excluding hydrogens is 174 g/mol. The lowest BCUT2D eigenvalue weighted by Gasteiger charge is -2.07. The monoisotopic (exact) mass is 191 g/mol. The highest BCUT2D eigenvalue weighted by Gasteiger charge is 1.95. The van der Waals surface area contributed by atoms with Crippen molar-refractivity contribution in [3.63, 3.8) is 0 Å². The number of hydrogen-bond donors (Lipinski definition) is 1. The summed E-state index contributed by atoms with van der Waals surface area (Å²) >= 11 is 0. The van der Waals surface area contributed by atoms with Gasteiger partial charge < -0.3 is 10.5 Å². The summed E-state index contributed by atoms with van der Waals surface area (Å²) in [4.78, 5) is 0. The molecule has 2 heteroatoms. The van der Waals surface area contributed by atoms with Crippen LogP contribution in [-0.4, -0.2) is 13.2 Å².